The third kappa shape index (κ3) is 5.98. The molecule has 10 nitrogen and oxygen atoms in total. The largest absolute Gasteiger partial charge is 0.497 e. The SMILES string of the molecule is COC(=O)[C@H](Cc1ccc(OC)cc1)N1C=C(CNS(=O)(=O)c2cnc(-c3ccccc3)s2)NN1. The van der Waals surface area contributed by atoms with E-state index in [9.17, 15) is 13.2 Å². The number of nitrogens with one attached hydrogen (secondary N) is 3. The molecule has 0 bridgehead atoms. The lowest BCUT2D eigenvalue weighted by molar-refractivity contribution is -0.147. The highest BCUT2D eigenvalue weighted by Crippen LogP contribution is 2.27. The zero-order valence-electron chi connectivity index (χ0n) is 19.1. The molecular formula is C23H25N5O5S2. The molecular weight excluding hydrogens is 490 g/mol. The predicted octanol–water partition coefficient (Wildman–Crippen LogP) is 2.05. The van der Waals surface area contributed by atoms with Crippen LogP contribution in [0.25, 0.3) is 10.6 Å². The molecule has 2 heterocycles. The molecule has 0 spiro atoms. The summed E-state index contributed by atoms with van der Waals surface area (Å²) in [6.07, 6.45) is 3.35. The number of aromatic nitrogens is 1. The van der Waals surface area contributed by atoms with Gasteiger partial charge in [0.1, 0.15) is 16.8 Å². The molecule has 12 heteroatoms. The molecule has 2 aromatic carbocycles. The highest BCUT2D eigenvalue weighted by atomic mass is 32.2. The van der Waals surface area contributed by atoms with Gasteiger partial charge in [0, 0.05) is 18.2 Å². The molecule has 3 N–H and O–H groups in total. The van der Waals surface area contributed by atoms with E-state index in [0.29, 0.717) is 17.1 Å². The fraction of sp³-hybridized carbons (Fsp3) is 0.217. The number of hydrazine groups is 2. The number of methoxy groups -OCH3 is 2. The Balaban J connectivity index is 1.41. The second-order valence-electron chi connectivity index (χ2n) is 7.56. The summed E-state index contributed by atoms with van der Waals surface area (Å²) < 4.78 is 38.4. The van der Waals surface area contributed by atoms with Crippen LogP contribution >= 0.6 is 11.3 Å². The van der Waals surface area contributed by atoms with Crippen LogP contribution in [0.4, 0.5) is 0 Å². The number of carbonyl (C=O) groups is 1. The van der Waals surface area contributed by atoms with Crippen LogP contribution in [0.1, 0.15) is 5.56 Å². The molecule has 0 amide bonds. The summed E-state index contributed by atoms with van der Waals surface area (Å²) in [4.78, 5) is 16.7. The number of ether oxygens (including phenoxy) is 2. The minimum atomic E-state index is -3.77. The number of sulfonamides is 1. The van der Waals surface area contributed by atoms with Crippen LogP contribution in [0.3, 0.4) is 0 Å². The molecule has 184 valence electrons. The number of carbonyl (C=O) groups excluding carboxylic acids is 1. The van der Waals surface area contributed by atoms with E-state index in [4.69, 9.17) is 9.47 Å². The van der Waals surface area contributed by atoms with Gasteiger partial charge in [0.15, 0.2) is 4.21 Å². The fourth-order valence-corrected chi connectivity index (χ4v) is 5.57. The van der Waals surface area contributed by atoms with E-state index in [0.717, 1.165) is 28.2 Å². The first-order valence-corrected chi connectivity index (χ1v) is 12.9. The molecule has 1 aromatic heterocycles. The molecule has 1 aliphatic rings. The third-order valence-electron chi connectivity index (χ3n) is 5.26. The van der Waals surface area contributed by atoms with Crippen LogP contribution in [0.5, 0.6) is 5.75 Å². The molecule has 0 fully saturated rings. The van der Waals surface area contributed by atoms with Crippen LogP contribution in [0.15, 0.2) is 76.9 Å². The number of esters is 1. The first-order valence-electron chi connectivity index (χ1n) is 10.6. The van der Waals surface area contributed by atoms with Crippen molar-refractivity contribution in [1.29, 1.82) is 0 Å². The van der Waals surface area contributed by atoms with Gasteiger partial charge in [-0.1, -0.05) is 42.5 Å². The Kier molecular flexibility index (Phi) is 7.66. The van der Waals surface area contributed by atoms with Gasteiger partial charge in [-0.25, -0.2) is 22.9 Å². The molecule has 4 rings (SSSR count). The van der Waals surface area contributed by atoms with E-state index in [1.165, 1.54) is 13.3 Å². The van der Waals surface area contributed by atoms with E-state index in [2.05, 4.69) is 20.7 Å². The van der Waals surface area contributed by atoms with Crippen molar-refractivity contribution in [2.75, 3.05) is 20.8 Å². The van der Waals surface area contributed by atoms with Crippen molar-refractivity contribution in [2.45, 2.75) is 16.7 Å². The minimum Gasteiger partial charge on any atom is -0.497 e. The number of benzene rings is 2. The fourth-order valence-electron chi connectivity index (χ4n) is 3.38. The second-order valence-corrected chi connectivity index (χ2v) is 10.6. The molecule has 35 heavy (non-hydrogen) atoms. The Hall–Kier alpha value is -3.45. The highest BCUT2D eigenvalue weighted by molar-refractivity contribution is 7.91. The maximum absolute atomic E-state index is 12.8. The Labute approximate surface area is 207 Å². The van der Waals surface area contributed by atoms with Gasteiger partial charge in [0.05, 0.1) is 32.7 Å². The Morgan fingerprint density at radius 3 is 2.57 bits per heavy atom. The van der Waals surface area contributed by atoms with Crippen LogP contribution < -0.4 is 20.4 Å². The summed E-state index contributed by atoms with van der Waals surface area (Å²) in [5.41, 5.74) is 8.07. The number of nitrogens with zero attached hydrogens (tertiary/aromatic N) is 2. The summed E-state index contributed by atoms with van der Waals surface area (Å²) in [6.45, 7) is -0.0131. The highest BCUT2D eigenvalue weighted by Gasteiger charge is 2.29. The van der Waals surface area contributed by atoms with Crippen molar-refractivity contribution >= 4 is 27.3 Å². The van der Waals surface area contributed by atoms with Gasteiger partial charge in [0.25, 0.3) is 10.0 Å². The summed E-state index contributed by atoms with van der Waals surface area (Å²) in [5.74, 6) is 0.280. The van der Waals surface area contributed by atoms with Gasteiger partial charge in [-0.2, -0.15) is 0 Å². The summed E-state index contributed by atoms with van der Waals surface area (Å²) in [5, 5.41) is 2.18. The molecule has 0 saturated carbocycles. The Morgan fingerprint density at radius 2 is 1.89 bits per heavy atom. The molecule has 3 aromatic rings. The summed E-state index contributed by atoms with van der Waals surface area (Å²) in [7, 11) is -0.863. The lowest BCUT2D eigenvalue weighted by Gasteiger charge is -2.24. The average molecular weight is 516 g/mol. The van der Waals surface area contributed by atoms with Crippen LogP contribution in [0, 0.1) is 0 Å². The van der Waals surface area contributed by atoms with Gasteiger partial charge >= 0.3 is 5.97 Å². The Morgan fingerprint density at radius 1 is 1.14 bits per heavy atom. The van der Waals surface area contributed by atoms with Crippen molar-refractivity contribution in [3.05, 3.63) is 78.3 Å². The quantitative estimate of drug-likeness (QED) is 0.348. The van der Waals surface area contributed by atoms with Crippen LogP contribution in [-0.2, 0) is 26.0 Å². The number of rotatable bonds is 10. The normalized spacial score (nSPS) is 14.2. The predicted molar refractivity (Wildman–Crippen MR) is 131 cm³/mol. The summed E-state index contributed by atoms with van der Waals surface area (Å²) >= 11 is 1.09. The van der Waals surface area contributed by atoms with Gasteiger partial charge in [-0.3, -0.25) is 5.01 Å². The smallest absolute Gasteiger partial charge is 0.330 e. The van der Waals surface area contributed by atoms with Crippen LogP contribution in [0.2, 0.25) is 0 Å². The molecule has 1 aliphatic heterocycles. The van der Waals surface area contributed by atoms with Crippen molar-refractivity contribution in [1.82, 2.24) is 25.7 Å². The molecule has 0 saturated heterocycles. The lowest BCUT2D eigenvalue weighted by Crippen LogP contribution is -2.48. The average Bonchev–Trinajstić information content (AvgIpc) is 3.57. The maximum atomic E-state index is 12.8. The maximum Gasteiger partial charge on any atom is 0.330 e. The van der Waals surface area contributed by atoms with Crippen molar-refractivity contribution in [2.24, 2.45) is 0 Å². The van der Waals surface area contributed by atoms with Crippen LogP contribution in [-0.4, -0.2) is 51.2 Å². The van der Waals surface area contributed by atoms with Crippen molar-refractivity contribution in [3.63, 3.8) is 0 Å². The third-order valence-corrected chi connectivity index (χ3v) is 8.17. The molecule has 0 aliphatic carbocycles. The topological polar surface area (TPSA) is 122 Å². The van der Waals surface area contributed by atoms with Gasteiger partial charge in [-0.15, -0.1) is 16.9 Å². The summed E-state index contributed by atoms with van der Waals surface area (Å²) in [6, 6.07) is 16.1. The van der Waals surface area contributed by atoms with E-state index in [1.54, 1.807) is 18.3 Å². The molecule has 0 unspecified atom stereocenters. The number of hydrogen-bond acceptors (Lipinski definition) is 10. The Bertz CT molecular complexity index is 1290. The minimum absolute atomic E-state index is 0.0131. The van der Waals surface area contributed by atoms with E-state index in [1.807, 2.05) is 54.6 Å². The van der Waals surface area contributed by atoms with Crippen molar-refractivity contribution in [3.8, 4) is 16.3 Å². The standard InChI is InChI=1S/C23H25N5O5S2/c1-32-19-10-8-16(9-11-19)12-20(23(29)33-2)28-15-18(26-27-28)13-25-35(30,31)21-14-24-22(34-21)17-6-4-3-5-7-17/h3-11,14-15,20,25-27H,12-13H2,1-2H3/t20-/m0/s1. The number of thiazole rings is 1. The first kappa shape index (κ1) is 24.7. The monoisotopic (exact) mass is 515 g/mol. The van der Waals surface area contributed by atoms with E-state index >= 15 is 0 Å². The zero-order chi connectivity index (χ0) is 24.8. The van der Waals surface area contributed by atoms with Gasteiger partial charge in [-0.05, 0) is 17.7 Å². The lowest BCUT2D eigenvalue weighted by atomic mass is 10.1. The molecule has 0 radical (unpaired) electrons. The van der Waals surface area contributed by atoms with Crippen molar-refractivity contribution < 1.29 is 22.7 Å². The zero-order valence-corrected chi connectivity index (χ0v) is 20.7. The van der Waals surface area contributed by atoms with E-state index < -0.39 is 22.0 Å². The second kappa shape index (κ2) is 10.9. The first-order chi connectivity index (χ1) is 16.9. The van der Waals surface area contributed by atoms with Gasteiger partial charge in [0.2, 0.25) is 0 Å². The van der Waals surface area contributed by atoms with E-state index in [-0.39, 0.29) is 10.8 Å². The number of hydrogen-bond donors (Lipinski definition) is 3. The molecule has 1 atom stereocenters. The van der Waals surface area contributed by atoms with Gasteiger partial charge < -0.3 is 14.9 Å².